The van der Waals surface area contributed by atoms with Gasteiger partial charge in [-0.1, -0.05) is 17.7 Å². The predicted octanol–water partition coefficient (Wildman–Crippen LogP) is 2.21. The van der Waals surface area contributed by atoms with E-state index in [9.17, 15) is 4.79 Å². The Hall–Kier alpha value is -1.05. The molecule has 0 radical (unpaired) electrons. The van der Waals surface area contributed by atoms with E-state index >= 15 is 0 Å². The summed E-state index contributed by atoms with van der Waals surface area (Å²) in [7, 11) is 0. The van der Waals surface area contributed by atoms with Gasteiger partial charge in [0.15, 0.2) is 0 Å². The molecule has 13 heavy (non-hydrogen) atoms. The van der Waals surface area contributed by atoms with Gasteiger partial charge in [-0.2, -0.15) is 0 Å². The lowest BCUT2D eigenvalue weighted by Crippen LogP contribution is -2.42. The van der Waals surface area contributed by atoms with E-state index in [4.69, 9.17) is 4.74 Å². The monoisotopic (exact) mass is 178 g/mol. The molecule has 2 rings (SSSR count). The third-order valence-corrected chi connectivity index (χ3v) is 2.90. The van der Waals surface area contributed by atoms with Gasteiger partial charge in [0.2, 0.25) is 0 Å². The Bertz CT molecular complexity index is 299. The molecule has 2 aliphatic rings. The first-order valence-corrected chi connectivity index (χ1v) is 4.74. The van der Waals surface area contributed by atoms with Gasteiger partial charge in [-0.15, -0.1) is 0 Å². The van der Waals surface area contributed by atoms with E-state index in [-0.39, 0.29) is 18.0 Å². The summed E-state index contributed by atoms with van der Waals surface area (Å²) in [6, 6.07) is 0. The average molecular weight is 178 g/mol. The zero-order chi connectivity index (χ0) is 9.42. The molecule has 2 atom stereocenters. The number of fused-ring (bicyclic) bond motifs is 1. The SMILES string of the molecule is CC=CCC1=C(C)CC2OC(=O)C12. The molecule has 70 valence electrons. The van der Waals surface area contributed by atoms with Gasteiger partial charge < -0.3 is 4.74 Å². The summed E-state index contributed by atoms with van der Waals surface area (Å²) in [4.78, 5) is 11.2. The fourth-order valence-electron chi connectivity index (χ4n) is 2.14. The molecule has 0 aromatic rings. The number of hydrogen-bond acceptors (Lipinski definition) is 2. The van der Waals surface area contributed by atoms with Crippen molar-refractivity contribution < 1.29 is 9.53 Å². The molecule has 2 nitrogen and oxygen atoms in total. The molecule has 0 aromatic carbocycles. The molecule has 0 saturated carbocycles. The maximum absolute atomic E-state index is 11.2. The van der Waals surface area contributed by atoms with Crippen LogP contribution in [0.25, 0.3) is 0 Å². The van der Waals surface area contributed by atoms with Crippen LogP contribution in [0.5, 0.6) is 0 Å². The van der Waals surface area contributed by atoms with Crippen LogP contribution in [0.4, 0.5) is 0 Å². The molecule has 1 heterocycles. The second-order valence-corrected chi connectivity index (χ2v) is 3.74. The highest BCUT2D eigenvalue weighted by Crippen LogP contribution is 2.43. The van der Waals surface area contributed by atoms with Crippen molar-refractivity contribution in [1.29, 1.82) is 0 Å². The Morgan fingerprint density at radius 2 is 2.38 bits per heavy atom. The molecule has 0 bridgehead atoms. The summed E-state index contributed by atoms with van der Waals surface area (Å²) in [6.45, 7) is 4.11. The molecule has 0 amide bonds. The Balaban J connectivity index is 2.14. The van der Waals surface area contributed by atoms with Crippen molar-refractivity contribution in [2.75, 3.05) is 0 Å². The van der Waals surface area contributed by atoms with Crippen molar-refractivity contribution in [2.24, 2.45) is 5.92 Å². The normalized spacial score (nSPS) is 32.0. The fraction of sp³-hybridized carbons (Fsp3) is 0.545. The number of rotatable bonds is 2. The lowest BCUT2D eigenvalue weighted by molar-refractivity contribution is -0.177. The molecule has 1 aliphatic carbocycles. The van der Waals surface area contributed by atoms with E-state index in [1.165, 1.54) is 11.1 Å². The van der Waals surface area contributed by atoms with Crippen LogP contribution < -0.4 is 0 Å². The zero-order valence-corrected chi connectivity index (χ0v) is 8.04. The van der Waals surface area contributed by atoms with Gasteiger partial charge in [-0.3, -0.25) is 4.79 Å². The Labute approximate surface area is 78.3 Å². The molecular formula is C11H14O2. The van der Waals surface area contributed by atoms with E-state index < -0.39 is 0 Å². The van der Waals surface area contributed by atoms with Crippen molar-refractivity contribution in [2.45, 2.75) is 32.8 Å². The third-order valence-electron chi connectivity index (χ3n) is 2.90. The number of carbonyl (C=O) groups excluding carboxylic acids is 1. The largest absolute Gasteiger partial charge is 0.460 e. The van der Waals surface area contributed by atoms with Crippen molar-refractivity contribution in [3.8, 4) is 0 Å². The predicted molar refractivity (Wildman–Crippen MR) is 50.1 cm³/mol. The van der Waals surface area contributed by atoms with Crippen molar-refractivity contribution in [1.82, 2.24) is 0 Å². The number of carbonyl (C=O) groups is 1. The summed E-state index contributed by atoms with van der Waals surface area (Å²) in [5, 5.41) is 0. The highest BCUT2D eigenvalue weighted by molar-refractivity contribution is 5.83. The molecular weight excluding hydrogens is 164 g/mol. The van der Waals surface area contributed by atoms with Crippen LogP contribution in [0.1, 0.15) is 26.7 Å². The van der Waals surface area contributed by atoms with Crippen LogP contribution in [0.15, 0.2) is 23.3 Å². The second kappa shape index (κ2) is 3.02. The van der Waals surface area contributed by atoms with E-state index in [0.717, 1.165) is 12.8 Å². The van der Waals surface area contributed by atoms with Gasteiger partial charge in [0.25, 0.3) is 0 Å². The van der Waals surface area contributed by atoms with Crippen molar-refractivity contribution in [3.05, 3.63) is 23.3 Å². The van der Waals surface area contributed by atoms with Gasteiger partial charge in [0.1, 0.15) is 12.0 Å². The van der Waals surface area contributed by atoms with Crippen molar-refractivity contribution >= 4 is 5.97 Å². The van der Waals surface area contributed by atoms with E-state index in [0.29, 0.717) is 0 Å². The molecule has 1 aliphatic heterocycles. The Morgan fingerprint density at radius 3 is 3.00 bits per heavy atom. The lowest BCUT2D eigenvalue weighted by Gasteiger charge is -2.31. The highest BCUT2D eigenvalue weighted by atomic mass is 16.6. The maximum Gasteiger partial charge on any atom is 0.317 e. The van der Waals surface area contributed by atoms with Crippen LogP contribution in [0, 0.1) is 5.92 Å². The van der Waals surface area contributed by atoms with E-state index in [1.54, 1.807) is 0 Å². The number of ether oxygens (including phenoxy) is 1. The van der Waals surface area contributed by atoms with E-state index in [2.05, 4.69) is 13.0 Å². The van der Waals surface area contributed by atoms with Gasteiger partial charge in [0.05, 0.1) is 0 Å². The van der Waals surface area contributed by atoms with Crippen molar-refractivity contribution in [3.63, 3.8) is 0 Å². The standard InChI is InChI=1S/C11H14O2/c1-3-4-5-8-7(2)6-9-10(8)11(12)13-9/h3-4,9-10H,5-6H2,1-2H3. The first-order valence-electron chi connectivity index (χ1n) is 4.74. The van der Waals surface area contributed by atoms with Gasteiger partial charge in [0, 0.05) is 6.42 Å². The number of hydrogen-bond donors (Lipinski definition) is 0. The van der Waals surface area contributed by atoms with Crippen LogP contribution in [0.2, 0.25) is 0 Å². The van der Waals surface area contributed by atoms with Gasteiger partial charge >= 0.3 is 5.97 Å². The Morgan fingerprint density at radius 1 is 1.62 bits per heavy atom. The molecule has 2 unspecified atom stereocenters. The zero-order valence-electron chi connectivity index (χ0n) is 8.04. The first kappa shape index (κ1) is 8.54. The average Bonchev–Trinajstić information content (AvgIpc) is 2.34. The summed E-state index contributed by atoms with van der Waals surface area (Å²) < 4.78 is 5.04. The molecule has 1 fully saturated rings. The van der Waals surface area contributed by atoms with Crippen LogP contribution >= 0.6 is 0 Å². The summed E-state index contributed by atoms with van der Waals surface area (Å²) >= 11 is 0. The lowest BCUT2D eigenvalue weighted by atomic mass is 9.92. The second-order valence-electron chi connectivity index (χ2n) is 3.74. The molecule has 0 aromatic heterocycles. The quantitative estimate of drug-likeness (QED) is 0.478. The molecule has 0 spiro atoms. The maximum atomic E-state index is 11.2. The van der Waals surface area contributed by atoms with E-state index in [1.807, 2.05) is 13.0 Å². The summed E-state index contributed by atoms with van der Waals surface area (Å²) in [5.41, 5.74) is 2.64. The summed E-state index contributed by atoms with van der Waals surface area (Å²) in [6.07, 6.45) is 6.17. The summed E-state index contributed by atoms with van der Waals surface area (Å²) in [5.74, 6) is 0.0672. The highest BCUT2D eigenvalue weighted by Gasteiger charge is 2.48. The smallest absolute Gasteiger partial charge is 0.317 e. The topological polar surface area (TPSA) is 26.3 Å². The minimum absolute atomic E-state index is 0.0265. The van der Waals surface area contributed by atoms with Gasteiger partial charge in [-0.25, -0.2) is 0 Å². The van der Waals surface area contributed by atoms with Gasteiger partial charge in [-0.05, 0) is 25.8 Å². The number of esters is 1. The van der Waals surface area contributed by atoms with Crippen LogP contribution in [-0.4, -0.2) is 12.1 Å². The first-order chi connectivity index (χ1) is 6.24. The molecule has 2 heteroatoms. The molecule has 0 N–H and O–H groups in total. The minimum atomic E-state index is -0.0265. The van der Waals surface area contributed by atoms with Crippen LogP contribution in [0.3, 0.4) is 0 Å². The van der Waals surface area contributed by atoms with Crippen LogP contribution in [-0.2, 0) is 9.53 Å². The Kier molecular flexibility index (Phi) is 1.98. The molecule has 1 saturated heterocycles. The fourth-order valence-corrected chi connectivity index (χ4v) is 2.14. The number of allylic oxidation sites excluding steroid dienone is 2. The minimum Gasteiger partial charge on any atom is -0.460 e. The third kappa shape index (κ3) is 1.21.